The molecule has 1 aromatic carbocycles. The Hall–Kier alpha value is -2.19. The van der Waals surface area contributed by atoms with Crippen LogP contribution in [0.5, 0.6) is 0 Å². The summed E-state index contributed by atoms with van der Waals surface area (Å²) in [4.78, 5) is 23.4. The van der Waals surface area contributed by atoms with Crippen molar-refractivity contribution in [2.24, 2.45) is 0 Å². The third-order valence-electron chi connectivity index (χ3n) is 3.18. The van der Waals surface area contributed by atoms with Gasteiger partial charge in [0, 0.05) is 5.56 Å². The van der Waals surface area contributed by atoms with Gasteiger partial charge in [-0.15, -0.1) is 11.3 Å². The molecule has 0 radical (unpaired) electrons. The maximum Gasteiger partial charge on any atom is 0.348 e. The molecule has 0 bridgehead atoms. The van der Waals surface area contributed by atoms with E-state index in [1.165, 1.54) is 31.2 Å². The van der Waals surface area contributed by atoms with Gasteiger partial charge >= 0.3 is 5.97 Å². The van der Waals surface area contributed by atoms with Gasteiger partial charge in [0.1, 0.15) is 9.88 Å². The maximum absolute atomic E-state index is 12.4. The van der Waals surface area contributed by atoms with Crippen molar-refractivity contribution in [1.29, 1.82) is 0 Å². The summed E-state index contributed by atoms with van der Waals surface area (Å²) >= 11 is 1.02. The number of benzene rings is 1. The Kier molecular flexibility index (Phi) is 5.40. The molecule has 0 saturated carbocycles. The van der Waals surface area contributed by atoms with Gasteiger partial charge in [0.25, 0.3) is 10.0 Å². The summed E-state index contributed by atoms with van der Waals surface area (Å²) in [5, 5.41) is 0.325. The molecule has 24 heavy (non-hydrogen) atoms. The smallest absolute Gasteiger partial charge is 0.348 e. The van der Waals surface area contributed by atoms with Crippen LogP contribution in [0.3, 0.4) is 0 Å². The molecule has 0 aliphatic rings. The first-order valence-corrected chi connectivity index (χ1v) is 9.46. The van der Waals surface area contributed by atoms with Crippen molar-refractivity contribution in [3.8, 4) is 0 Å². The van der Waals surface area contributed by atoms with E-state index in [4.69, 9.17) is 4.74 Å². The molecule has 6 nitrogen and oxygen atoms in total. The van der Waals surface area contributed by atoms with Crippen LogP contribution < -0.4 is 4.72 Å². The number of thiophene rings is 1. The zero-order valence-corrected chi connectivity index (χ0v) is 15.1. The molecule has 2 aromatic rings. The van der Waals surface area contributed by atoms with E-state index in [2.05, 4.69) is 4.72 Å². The van der Waals surface area contributed by atoms with E-state index in [1.807, 2.05) is 0 Å². The van der Waals surface area contributed by atoms with Gasteiger partial charge in [-0.1, -0.05) is 12.1 Å². The Morgan fingerprint density at radius 2 is 1.83 bits per heavy atom. The summed E-state index contributed by atoms with van der Waals surface area (Å²) in [5.41, 5.74) is 1.08. The summed E-state index contributed by atoms with van der Waals surface area (Å²) in [6, 6.07) is 7.23. The first kappa shape index (κ1) is 18.2. The normalized spacial score (nSPS) is 11.1. The lowest BCUT2D eigenvalue weighted by atomic mass is 10.2. The topological polar surface area (TPSA) is 89.5 Å². The number of aryl methyl sites for hydroxylation is 1. The molecular weight excluding hydrogens is 350 g/mol. The Morgan fingerprint density at radius 1 is 1.21 bits per heavy atom. The highest BCUT2D eigenvalue weighted by atomic mass is 32.2. The number of Topliss-reactive ketones (excluding diaryl/α,β-unsaturated/α-hetero) is 1. The van der Waals surface area contributed by atoms with Crippen LogP contribution in [0.2, 0.25) is 0 Å². The molecule has 128 valence electrons. The van der Waals surface area contributed by atoms with Crippen LogP contribution in [0.1, 0.15) is 39.4 Å². The second kappa shape index (κ2) is 7.14. The molecular formula is C16H17NO5S2. The molecule has 0 aliphatic carbocycles. The molecule has 0 saturated heterocycles. The van der Waals surface area contributed by atoms with Crippen molar-refractivity contribution < 1.29 is 22.7 Å². The fourth-order valence-electron chi connectivity index (χ4n) is 1.99. The van der Waals surface area contributed by atoms with Gasteiger partial charge < -0.3 is 4.74 Å². The number of hydrogen-bond donors (Lipinski definition) is 1. The highest BCUT2D eigenvalue weighted by molar-refractivity contribution is 7.93. The van der Waals surface area contributed by atoms with E-state index >= 15 is 0 Å². The van der Waals surface area contributed by atoms with Crippen LogP contribution in [0.25, 0.3) is 0 Å². The van der Waals surface area contributed by atoms with Crippen LogP contribution in [-0.2, 0) is 14.8 Å². The highest BCUT2D eigenvalue weighted by Crippen LogP contribution is 2.29. The average molecular weight is 367 g/mol. The summed E-state index contributed by atoms with van der Waals surface area (Å²) in [5.74, 6) is -0.615. The fraction of sp³-hybridized carbons (Fsp3) is 0.250. The van der Waals surface area contributed by atoms with Crippen LogP contribution in [-0.4, -0.2) is 26.8 Å². The largest absolute Gasteiger partial charge is 0.462 e. The van der Waals surface area contributed by atoms with E-state index in [-0.39, 0.29) is 17.3 Å². The average Bonchev–Trinajstić information content (AvgIpc) is 2.87. The number of anilines is 1. The molecule has 0 amide bonds. The van der Waals surface area contributed by atoms with Crippen molar-refractivity contribution in [2.45, 2.75) is 25.7 Å². The van der Waals surface area contributed by atoms with Gasteiger partial charge in [0.2, 0.25) is 0 Å². The molecule has 0 fully saturated rings. The van der Waals surface area contributed by atoms with Crippen LogP contribution in [0.15, 0.2) is 35.2 Å². The lowest BCUT2D eigenvalue weighted by molar-refractivity contribution is 0.0531. The summed E-state index contributed by atoms with van der Waals surface area (Å²) < 4.78 is 32.2. The number of ether oxygens (including phenoxy) is 1. The van der Waals surface area contributed by atoms with Gasteiger partial charge in [-0.3, -0.25) is 9.52 Å². The molecule has 8 heteroatoms. The van der Waals surface area contributed by atoms with Crippen LogP contribution in [0.4, 0.5) is 5.00 Å². The third-order valence-corrected chi connectivity index (χ3v) is 5.83. The molecule has 0 aliphatic heterocycles. The van der Waals surface area contributed by atoms with E-state index in [1.54, 1.807) is 19.9 Å². The predicted molar refractivity (Wildman–Crippen MR) is 92.3 cm³/mol. The van der Waals surface area contributed by atoms with Gasteiger partial charge in [-0.25, -0.2) is 13.2 Å². The molecule has 2 rings (SSSR count). The zero-order chi connectivity index (χ0) is 17.9. The minimum atomic E-state index is -3.80. The number of ketones is 1. The number of rotatable bonds is 6. The number of carbonyl (C=O) groups excluding carboxylic acids is 2. The van der Waals surface area contributed by atoms with Crippen molar-refractivity contribution in [3.63, 3.8) is 0 Å². The molecule has 0 spiro atoms. The molecule has 1 heterocycles. The van der Waals surface area contributed by atoms with Crippen LogP contribution in [0, 0.1) is 6.92 Å². The summed E-state index contributed by atoms with van der Waals surface area (Å²) in [7, 11) is -3.80. The van der Waals surface area contributed by atoms with E-state index in [9.17, 15) is 18.0 Å². The lowest BCUT2D eigenvalue weighted by Gasteiger charge is -2.06. The van der Waals surface area contributed by atoms with Gasteiger partial charge in [0.05, 0.1) is 11.5 Å². The Bertz CT molecular complexity index is 866. The molecule has 1 N–H and O–H groups in total. The summed E-state index contributed by atoms with van der Waals surface area (Å²) in [6.07, 6.45) is 0. The number of hydrogen-bond acceptors (Lipinski definition) is 6. The predicted octanol–water partition coefficient (Wildman–Crippen LogP) is 3.24. The lowest BCUT2D eigenvalue weighted by Crippen LogP contribution is -2.12. The molecule has 0 unspecified atom stereocenters. The van der Waals surface area contributed by atoms with Crippen molar-refractivity contribution in [1.82, 2.24) is 0 Å². The van der Waals surface area contributed by atoms with Crippen LogP contribution >= 0.6 is 11.3 Å². The summed E-state index contributed by atoms with van der Waals surface area (Å²) in [6.45, 7) is 5.07. The van der Waals surface area contributed by atoms with Crippen molar-refractivity contribution >= 4 is 38.1 Å². The van der Waals surface area contributed by atoms with E-state index in [0.717, 1.165) is 11.3 Å². The second-order valence-electron chi connectivity index (χ2n) is 5.03. The SMILES string of the molecule is CCOC(=O)c1sc(NS(=O)(=O)c2ccc(C(C)=O)cc2)cc1C. The third kappa shape index (κ3) is 4.01. The van der Waals surface area contributed by atoms with Gasteiger partial charge in [0.15, 0.2) is 5.78 Å². The molecule has 0 atom stereocenters. The number of nitrogens with one attached hydrogen (secondary N) is 1. The molecule has 1 aromatic heterocycles. The van der Waals surface area contributed by atoms with Gasteiger partial charge in [-0.2, -0.15) is 0 Å². The van der Waals surface area contributed by atoms with Crippen molar-refractivity contribution in [2.75, 3.05) is 11.3 Å². The Morgan fingerprint density at radius 3 is 2.38 bits per heavy atom. The Balaban J connectivity index is 2.24. The van der Waals surface area contributed by atoms with Crippen molar-refractivity contribution in [3.05, 3.63) is 46.3 Å². The zero-order valence-electron chi connectivity index (χ0n) is 13.5. The number of carbonyl (C=O) groups is 2. The number of sulfonamides is 1. The standard InChI is InChI=1S/C16H17NO5S2/c1-4-22-16(19)15-10(2)9-14(23-15)17-24(20,21)13-7-5-12(6-8-13)11(3)18/h5-9,17H,4H2,1-3H3. The first-order valence-electron chi connectivity index (χ1n) is 7.16. The van der Waals surface area contributed by atoms with E-state index < -0.39 is 16.0 Å². The fourth-order valence-corrected chi connectivity index (χ4v) is 4.24. The highest BCUT2D eigenvalue weighted by Gasteiger charge is 2.19. The quantitative estimate of drug-likeness (QED) is 0.625. The maximum atomic E-state index is 12.4. The monoisotopic (exact) mass is 367 g/mol. The van der Waals surface area contributed by atoms with E-state index in [0.29, 0.717) is 21.0 Å². The first-order chi connectivity index (χ1) is 11.2. The minimum Gasteiger partial charge on any atom is -0.462 e. The van der Waals surface area contributed by atoms with Gasteiger partial charge in [-0.05, 0) is 44.5 Å². The Labute approximate surface area is 144 Å². The minimum absolute atomic E-state index is 0.0382. The second-order valence-corrected chi connectivity index (χ2v) is 7.76. The number of esters is 1.